The predicted octanol–water partition coefficient (Wildman–Crippen LogP) is 0.672. The van der Waals surface area contributed by atoms with Crippen molar-refractivity contribution in [2.45, 2.75) is 25.5 Å². The number of ether oxygens (including phenoxy) is 1. The predicted molar refractivity (Wildman–Crippen MR) is 87.0 cm³/mol. The van der Waals surface area contributed by atoms with Crippen molar-refractivity contribution in [1.82, 2.24) is 24.9 Å². The lowest BCUT2D eigenvalue weighted by Crippen LogP contribution is -2.50. The van der Waals surface area contributed by atoms with Gasteiger partial charge in [0, 0.05) is 51.5 Å². The second-order valence-electron chi connectivity index (χ2n) is 6.78. The van der Waals surface area contributed by atoms with Crippen LogP contribution in [0.2, 0.25) is 0 Å². The molecule has 1 saturated heterocycles. The highest BCUT2D eigenvalue weighted by atomic mass is 16.5. The maximum absolute atomic E-state index is 12.6. The molecule has 1 aliphatic carbocycles. The number of morpholine rings is 1. The van der Waals surface area contributed by atoms with Gasteiger partial charge in [-0.15, -0.1) is 0 Å². The van der Waals surface area contributed by atoms with Gasteiger partial charge in [0.25, 0.3) is 0 Å². The number of carbonyl (C=O) groups excluding carboxylic acids is 1. The Bertz CT molecular complexity index is 528. The van der Waals surface area contributed by atoms with Crippen LogP contribution in [0.5, 0.6) is 0 Å². The molecule has 1 aliphatic heterocycles. The Morgan fingerprint density at radius 1 is 1.43 bits per heavy atom. The summed E-state index contributed by atoms with van der Waals surface area (Å²) >= 11 is 0. The van der Waals surface area contributed by atoms with E-state index in [1.165, 1.54) is 12.8 Å². The zero-order valence-corrected chi connectivity index (χ0v) is 14.1. The quantitative estimate of drug-likeness (QED) is 0.837. The summed E-state index contributed by atoms with van der Waals surface area (Å²) in [5.74, 6) is 0.667. The number of aryl methyl sites for hydroxylation is 1. The molecular formula is C16H27N5O2. The van der Waals surface area contributed by atoms with E-state index in [2.05, 4.69) is 22.4 Å². The van der Waals surface area contributed by atoms with E-state index in [4.69, 9.17) is 4.74 Å². The van der Waals surface area contributed by atoms with E-state index in [9.17, 15) is 4.79 Å². The number of aromatic nitrogens is 2. The van der Waals surface area contributed by atoms with Crippen LogP contribution >= 0.6 is 0 Å². The molecule has 1 aromatic rings. The van der Waals surface area contributed by atoms with Crippen LogP contribution in [0.1, 0.15) is 18.4 Å². The molecule has 1 unspecified atom stereocenters. The second kappa shape index (κ2) is 7.31. The summed E-state index contributed by atoms with van der Waals surface area (Å²) in [6.45, 7) is 4.61. The van der Waals surface area contributed by atoms with Gasteiger partial charge in [0.1, 0.15) is 0 Å². The maximum atomic E-state index is 12.6. The summed E-state index contributed by atoms with van der Waals surface area (Å²) in [5.41, 5.74) is 1.01. The minimum absolute atomic E-state index is 0.00224. The SMILES string of the molecule is CN1CCOC(CN(CC2CC2)C(=O)NCc2cnn(C)c2)C1. The zero-order valence-electron chi connectivity index (χ0n) is 14.1. The van der Waals surface area contributed by atoms with Crippen molar-refractivity contribution in [1.29, 1.82) is 0 Å². The zero-order chi connectivity index (χ0) is 16.2. The topological polar surface area (TPSA) is 62.6 Å². The molecule has 1 saturated carbocycles. The number of likely N-dealkylation sites (N-methyl/N-ethyl adjacent to an activating group) is 1. The van der Waals surface area contributed by atoms with Gasteiger partial charge in [-0.3, -0.25) is 4.68 Å². The van der Waals surface area contributed by atoms with Crippen molar-refractivity contribution in [3.8, 4) is 0 Å². The van der Waals surface area contributed by atoms with Gasteiger partial charge in [0.15, 0.2) is 0 Å². The van der Waals surface area contributed by atoms with E-state index in [-0.39, 0.29) is 12.1 Å². The van der Waals surface area contributed by atoms with E-state index >= 15 is 0 Å². The first-order valence-corrected chi connectivity index (χ1v) is 8.40. The number of hydrogen-bond donors (Lipinski definition) is 1. The van der Waals surface area contributed by atoms with Crippen molar-refractivity contribution in [2.75, 3.05) is 39.8 Å². The van der Waals surface area contributed by atoms with Crippen LogP contribution in [0, 0.1) is 5.92 Å². The van der Waals surface area contributed by atoms with Gasteiger partial charge in [0.05, 0.1) is 18.9 Å². The minimum Gasteiger partial charge on any atom is -0.374 e. The summed E-state index contributed by atoms with van der Waals surface area (Å²) in [7, 11) is 3.98. The van der Waals surface area contributed by atoms with Crippen molar-refractivity contribution in [3.05, 3.63) is 18.0 Å². The molecule has 2 heterocycles. The van der Waals surface area contributed by atoms with Gasteiger partial charge in [-0.25, -0.2) is 4.79 Å². The highest BCUT2D eigenvalue weighted by Gasteiger charge is 2.29. The van der Waals surface area contributed by atoms with Crippen molar-refractivity contribution >= 4 is 6.03 Å². The van der Waals surface area contributed by atoms with Gasteiger partial charge in [-0.2, -0.15) is 5.10 Å². The molecule has 1 N–H and O–H groups in total. The summed E-state index contributed by atoms with van der Waals surface area (Å²) in [5, 5.41) is 7.14. The molecule has 2 amide bonds. The smallest absolute Gasteiger partial charge is 0.317 e. The number of urea groups is 1. The number of nitrogens with one attached hydrogen (secondary N) is 1. The molecule has 0 spiro atoms. The fraction of sp³-hybridized carbons (Fsp3) is 0.750. The Morgan fingerprint density at radius 3 is 2.91 bits per heavy atom. The van der Waals surface area contributed by atoms with E-state index in [0.717, 1.165) is 31.8 Å². The third kappa shape index (κ3) is 4.94. The van der Waals surface area contributed by atoms with E-state index in [1.807, 2.05) is 18.1 Å². The number of nitrogens with zero attached hydrogens (tertiary/aromatic N) is 4. The summed E-state index contributed by atoms with van der Waals surface area (Å²) in [4.78, 5) is 16.7. The van der Waals surface area contributed by atoms with Crippen LogP contribution in [0.4, 0.5) is 4.79 Å². The van der Waals surface area contributed by atoms with E-state index in [0.29, 0.717) is 19.0 Å². The molecule has 3 rings (SSSR count). The Kier molecular flexibility index (Phi) is 5.17. The molecule has 0 aromatic carbocycles. The number of rotatable bonds is 6. The maximum Gasteiger partial charge on any atom is 0.317 e. The highest BCUT2D eigenvalue weighted by Crippen LogP contribution is 2.30. The average molecular weight is 321 g/mol. The van der Waals surface area contributed by atoms with Gasteiger partial charge in [-0.05, 0) is 25.8 Å². The molecule has 7 nitrogen and oxygen atoms in total. The lowest BCUT2D eigenvalue weighted by Gasteiger charge is -2.34. The van der Waals surface area contributed by atoms with Crippen molar-refractivity contribution in [3.63, 3.8) is 0 Å². The highest BCUT2D eigenvalue weighted by molar-refractivity contribution is 5.74. The Labute approximate surface area is 137 Å². The fourth-order valence-corrected chi connectivity index (χ4v) is 2.93. The van der Waals surface area contributed by atoms with Crippen LogP contribution in [-0.4, -0.2) is 71.5 Å². The van der Waals surface area contributed by atoms with Gasteiger partial charge < -0.3 is 19.9 Å². The Hall–Kier alpha value is -1.60. The first-order valence-electron chi connectivity index (χ1n) is 8.40. The van der Waals surface area contributed by atoms with Crippen LogP contribution in [0.25, 0.3) is 0 Å². The third-order valence-electron chi connectivity index (χ3n) is 4.43. The summed E-state index contributed by atoms with van der Waals surface area (Å²) in [6.07, 6.45) is 6.28. The van der Waals surface area contributed by atoms with Gasteiger partial charge >= 0.3 is 6.03 Å². The molecule has 2 aliphatic rings. The fourth-order valence-electron chi connectivity index (χ4n) is 2.93. The van der Waals surface area contributed by atoms with Crippen molar-refractivity contribution < 1.29 is 9.53 Å². The average Bonchev–Trinajstić information content (AvgIpc) is 3.24. The monoisotopic (exact) mass is 321 g/mol. The third-order valence-corrected chi connectivity index (χ3v) is 4.43. The molecule has 23 heavy (non-hydrogen) atoms. The van der Waals surface area contributed by atoms with E-state index in [1.54, 1.807) is 10.9 Å². The van der Waals surface area contributed by atoms with Crippen LogP contribution in [0.15, 0.2) is 12.4 Å². The van der Waals surface area contributed by atoms with Crippen LogP contribution < -0.4 is 5.32 Å². The second-order valence-corrected chi connectivity index (χ2v) is 6.78. The van der Waals surface area contributed by atoms with Gasteiger partial charge in [0.2, 0.25) is 0 Å². The number of carbonyl (C=O) groups is 1. The normalized spacial score (nSPS) is 22.1. The Morgan fingerprint density at radius 2 is 2.26 bits per heavy atom. The van der Waals surface area contributed by atoms with Crippen LogP contribution in [-0.2, 0) is 18.3 Å². The first-order chi connectivity index (χ1) is 11.1. The van der Waals surface area contributed by atoms with Gasteiger partial charge in [-0.1, -0.05) is 0 Å². The summed E-state index contributed by atoms with van der Waals surface area (Å²) < 4.78 is 7.57. The molecule has 7 heteroatoms. The van der Waals surface area contributed by atoms with E-state index < -0.39 is 0 Å². The Balaban J connectivity index is 1.52. The minimum atomic E-state index is -0.00224. The number of hydrogen-bond acceptors (Lipinski definition) is 4. The summed E-state index contributed by atoms with van der Waals surface area (Å²) in [6, 6.07) is -0.00224. The molecule has 1 atom stereocenters. The standard InChI is InChI=1S/C16H27N5O2/c1-19-5-6-23-15(11-19)12-21(10-13-3-4-13)16(22)17-7-14-8-18-20(2)9-14/h8-9,13,15H,3-7,10-12H2,1-2H3,(H,17,22). The molecule has 0 radical (unpaired) electrons. The van der Waals surface area contributed by atoms with Crippen molar-refractivity contribution in [2.24, 2.45) is 13.0 Å². The number of amides is 2. The molecule has 128 valence electrons. The lowest BCUT2D eigenvalue weighted by molar-refractivity contribution is -0.0308. The molecular weight excluding hydrogens is 294 g/mol. The first kappa shape index (κ1) is 16.3. The lowest BCUT2D eigenvalue weighted by atomic mass is 10.2. The molecule has 0 bridgehead atoms. The largest absolute Gasteiger partial charge is 0.374 e. The van der Waals surface area contributed by atoms with Crippen LogP contribution in [0.3, 0.4) is 0 Å². The molecule has 1 aromatic heterocycles. The molecule has 2 fully saturated rings.